The largest absolute Gasteiger partial charge is 0.368 e. The lowest BCUT2D eigenvalue weighted by Gasteiger charge is -2.35. The molecule has 5 nitrogen and oxygen atoms in total. The molecule has 1 aliphatic heterocycles. The zero-order chi connectivity index (χ0) is 15.8. The van der Waals surface area contributed by atoms with E-state index in [1.165, 1.54) is 0 Å². The van der Waals surface area contributed by atoms with Crippen molar-refractivity contribution < 1.29 is 9.18 Å². The van der Waals surface area contributed by atoms with Crippen molar-refractivity contribution in [3.8, 4) is 6.07 Å². The van der Waals surface area contributed by atoms with Gasteiger partial charge < -0.3 is 15.5 Å². The van der Waals surface area contributed by atoms with Gasteiger partial charge in [-0.05, 0) is 31.4 Å². The molecular formula is C16H21FN4O. The minimum absolute atomic E-state index is 0.0332. The zero-order valence-electron chi connectivity index (χ0n) is 12.5. The Bertz CT molecular complexity index is 543. The van der Waals surface area contributed by atoms with Gasteiger partial charge in [-0.25, -0.2) is 4.79 Å². The Kier molecular flexibility index (Phi) is 6.01. The van der Waals surface area contributed by atoms with E-state index in [1.807, 2.05) is 18.2 Å². The normalized spacial score (nSPS) is 17.6. The van der Waals surface area contributed by atoms with Crippen molar-refractivity contribution in [3.05, 3.63) is 29.8 Å². The number of carbonyl (C=O) groups is 1. The summed E-state index contributed by atoms with van der Waals surface area (Å²) >= 11 is 0. The maximum Gasteiger partial charge on any atom is 0.315 e. The summed E-state index contributed by atoms with van der Waals surface area (Å²) in [5, 5.41) is 14.8. The van der Waals surface area contributed by atoms with Gasteiger partial charge >= 0.3 is 6.03 Å². The van der Waals surface area contributed by atoms with Crippen LogP contribution in [0.3, 0.4) is 0 Å². The van der Waals surface area contributed by atoms with Gasteiger partial charge in [0.25, 0.3) is 0 Å². The van der Waals surface area contributed by atoms with E-state index < -0.39 is 6.67 Å². The van der Waals surface area contributed by atoms with Crippen molar-refractivity contribution in [2.45, 2.75) is 25.3 Å². The number of urea groups is 1. The molecule has 1 fully saturated rings. The second kappa shape index (κ2) is 8.23. The predicted octanol–water partition coefficient (Wildman–Crippen LogP) is 2.19. The molecule has 22 heavy (non-hydrogen) atoms. The molecule has 1 aromatic rings. The Hall–Kier alpha value is -2.29. The zero-order valence-corrected chi connectivity index (χ0v) is 12.5. The third-order valence-corrected chi connectivity index (χ3v) is 3.72. The number of piperidine rings is 1. The highest BCUT2D eigenvalue weighted by molar-refractivity contribution is 5.74. The summed E-state index contributed by atoms with van der Waals surface area (Å²) in [6.45, 7) is 1.47. The molecule has 0 aliphatic carbocycles. The smallest absolute Gasteiger partial charge is 0.315 e. The highest BCUT2D eigenvalue weighted by Crippen LogP contribution is 2.23. The molecule has 0 spiro atoms. The first-order valence-electron chi connectivity index (χ1n) is 7.59. The molecule has 0 aromatic heterocycles. The first-order valence-corrected chi connectivity index (χ1v) is 7.59. The monoisotopic (exact) mass is 304 g/mol. The fourth-order valence-corrected chi connectivity index (χ4v) is 2.66. The van der Waals surface area contributed by atoms with E-state index in [4.69, 9.17) is 0 Å². The number of amides is 2. The molecule has 1 aromatic carbocycles. The average Bonchev–Trinajstić information content (AvgIpc) is 2.55. The SMILES string of the molecule is N#Cc1ccccc1N1CCC[C@@H](NC(=O)NCCCF)C1. The molecule has 1 atom stereocenters. The first-order chi connectivity index (χ1) is 10.7. The number of carbonyl (C=O) groups excluding carboxylic acids is 1. The number of benzene rings is 1. The van der Waals surface area contributed by atoms with E-state index in [0.29, 0.717) is 25.1 Å². The van der Waals surface area contributed by atoms with Crippen molar-refractivity contribution in [1.82, 2.24) is 10.6 Å². The molecular weight excluding hydrogens is 283 g/mol. The van der Waals surface area contributed by atoms with Crippen LogP contribution in [0.2, 0.25) is 0 Å². The van der Waals surface area contributed by atoms with Crippen LogP contribution in [0.4, 0.5) is 14.9 Å². The van der Waals surface area contributed by atoms with E-state index in [2.05, 4.69) is 21.6 Å². The summed E-state index contributed by atoms with van der Waals surface area (Å²) in [6, 6.07) is 9.48. The van der Waals surface area contributed by atoms with Crippen LogP contribution in [0.15, 0.2) is 24.3 Å². The fraction of sp³-hybridized carbons (Fsp3) is 0.500. The molecule has 0 unspecified atom stereocenters. The molecule has 118 valence electrons. The lowest BCUT2D eigenvalue weighted by molar-refractivity contribution is 0.234. The van der Waals surface area contributed by atoms with E-state index >= 15 is 0 Å². The summed E-state index contributed by atoms with van der Waals surface area (Å²) in [7, 11) is 0. The second-order valence-corrected chi connectivity index (χ2v) is 5.36. The number of halogens is 1. The number of rotatable bonds is 5. The van der Waals surface area contributed by atoms with Crippen LogP contribution in [-0.4, -0.2) is 38.4 Å². The van der Waals surface area contributed by atoms with Gasteiger partial charge in [-0.15, -0.1) is 0 Å². The van der Waals surface area contributed by atoms with Gasteiger partial charge in [-0.2, -0.15) is 5.26 Å². The number of hydrogen-bond donors (Lipinski definition) is 2. The fourth-order valence-electron chi connectivity index (χ4n) is 2.66. The molecule has 2 N–H and O–H groups in total. The van der Waals surface area contributed by atoms with Crippen molar-refractivity contribution in [2.24, 2.45) is 0 Å². The maximum absolute atomic E-state index is 12.0. The number of nitriles is 1. The van der Waals surface area contributed by atoms with Gasteiger partial charge in [-0.1, -0.05) is 12.1 Å². The number of alkyl halides is 1. The number of hydrogen-bond acceptors (Lipinski definition) is 3. The van der Waals surface area contributed by atoms with Crippen LogP contribution in [0.1, 0.15) is 24.8 Å². The van der Waals surface area contributed by atoms with Crippen LogP contribution in [0.25, 0.3) is 0 Å². The lowest BCUT2D eigenvalue weighted by Crippen LogP contribution is -2.50. The van der Waals surface area contributed by atoms with Gasteiger partial charge in [-0.3, -0.25) is 4.39 Å². The van der Waals surface area contributed by atoms with Crippen LogP contribution in [-0.2, 0) is 0 Å². The standard InChI is InChI=1S/C16H21FN4O/c17-8-4-9-19-16(22)20-14-6-3-10-21(12-14)15-7-2-1-5-13(15)11-18/h1-2,5,7,14H,3-4,6,8-10,12H2,(H2,19,20,22)/t14-/m1/s1. The number of nitrogens with one attached hydrogen (secondary N) is 2. The van der Waals surface area contributed by atoms with Gasteiger partial charge in [0.1, 0.15) is 6.07 Å². The van der Waals surface area contributed by atoms with Crippen molar-refractivity contribution in [1.29, 1.82) is 5.26 Å². The quantitative estimate of drug-likeness (QED) is 0.819. The molecule has 0 saturated carbocycles. The Balaban J connectivity index is 1.92. The van der Waals surface area contributed by atoms with Gasteiger partial charge in [0, 0.05) is 25.7 Å². The van der Waals surface area contributed by atoms with Crippen molar-refractivity contribution in [2.75, 3.05) is 31.2 Å². The van der Waals surface area contributed by atoms with Crippen molar-refractivity contribution in [3.63, 3.8) is 0 Å². The minimum Gasteiger partial charge on any atom is -0.368 e. The Morgan fingerprint density at radius 2 is 2.27 bits per heavy atom. The van der Waals surface area contributed by atoms with Gasteiger partial charge in [0.2, 0.25) is 0 Å². The van der Waals surface area contributed by atoms with Crippen LogP contribution in [0, 0.1) is 11.3 Å². The average molecular weight is 304 g/mol. The number of anilines is 1. The Labute approximate surface area is 130 Å². The van der Waals surface area contributed by atoms with Gasteiger partial charge in [0.05, 0.1) is 17.9 Å². The van der Waals surface area contributed by atoms with E-state index in [1.54, 1.807) is 6.07 Å². The molecule has 1 heterocycles. The summed E-state index contributed by atoms with van der Waals surface area (Å²) < 4.78 is 12.0. The molecule has 2 rings (SSSR count). The minimum atomic E-state index is -0.428. The molecule has 0 bridgehead atoms. The van der Waals surface area contributed by atoms with Crippen LogP contribution in [0.5, 0.6) is 0 Å². The highest BCUT2D eigenvalue weighted by Gasteiger charge is 2.22. The topological polar surface area (TPSA) is 68.2 Å². The summed E-state index contributed by atoms with van der Waals surface area (Å²) in [6.07, 6.45) is 2.19. The lowest BCUT2D eigenvalue weighted by atomic mass is 10.0. The molecule has 6 heteroatoms. The molecule has 2 amide bonds. The van der Waals surface area contributed by atoms with E-state index in [0.717, 1.165) is 25.1 Å². The molecule has 0 radical (unpaired) electrons. The second-order valence-electron chi connectivity index (χ2n) is 5.36. The van der Waals surface area contributed by atoms with Gasteiger partial charge in [0.15, 0.2) is 0 Å². The first kappa shape index (κ1) is 16.1. The summed E-state index contributed by atoms with van der Waals surface area (Å²) in [4.78, 5) is 13.9. The van der Waals surface area contributed by atoms with Crippen molar-refractivity contribution >= 4 is 11.7 Å². The number of nitrogens with zero attached hydrogens (tertiary/aromatic N) is 2. The third kappa shape index (κ3) is 4.35. The Morgan fingerprint density at radius 3 is 3.05 bits per heavy atom. The molecule has 1 saturated heterocycles. The Morgan fingerprint density at radius 1 is 1.45 bits per heavy atom. The highest BCUT2D eigenvalue weighted by atomic mass is 19.1. The third-order valence-electron chi connectivity index (χ3n) is 3.72. The number of para-hydroxylation sites is 1. The van der Waals surface area contributed by atoms with E-state index in [-0.39, 0.29) is 12.1 Å². The maximum atomic E-state index is 12.0. The summed E-state index contributed by atoms with van der Waals surface area (Å²) in [5.74, 6) is 0. The van der Waals surface area contributed by atoms with E-state index in [9.17, 15) is 14.4 Å². The van der Waals surface area contributed by atoms with Crippen LogP contribution < -0.4 is 15.5 Å². The predicted molar refractivity (Wildman–Crippen MR) is 83.5 cm³/mol. The summed E-state index contributed by atoms with van der Waals surface area (Å²) in [5.41, 5.74) is 1.56. The molecule has 1 aliphatic rings. The van der Waals surface area contributed by atoms with Crippen LogP contribution >= 0.6 is 0 Å².